The predicted octanol–water partition coefficient (Wildman–Crippen LogP) is 1.25. The van der Waals surface area contributed by atoms with Crippen LogP contribution in [-0.4, -0.2) is 42.6 Å². The van der Waals surface area contributed by atoms with E-state index in [9.17, 15) is 23.6 Å². The quantitative estimate of drug-likeness (QED) is 0.468. The molecule has 2 aromatic carbocycles. The molecule has 30 heavy (non-hydrogen) atoms. The predicted molar refractivity (Wildman–Crippen MR) is 102 cm³/mol. The van der Waals surface area contributed by atoms with Crippen LogP contribution in [0.5, 0.6) is 5.75 Å². The van der Waals surface area contributed by atoms with Crippen molar-refractivity contribution in [3.8, 4) is 5.75 Å². The maximum absolute atomic E-state index is 12.9. The Bertz CT molecular complexity index is 1040. The molecule has 1 saturated heterocycles. The smallest absolute Gasteiger partial charge is 0.322 e. The molecule has 2 aromatic rings. The van der Waals surface area contributed by atoms with E-state index in [4.69, 9.17) is 4.74 Å². The Morgan fingerprint density at radius 3 is 2.57 bits per heavy atom. The second kappa shape index (κ2) is 7.47. The number of alkyl halides is 1. The van der Waals surface area contributed by atoms with Gasteiger partial charge in [-0.15, -0.1) is 0 Å². The lowest BCUT2D eigenvalue weighted by molar-refractivity contribution is -0.124. The number of amides is 5. The lowest BCUT2D eigenvalue weighted by Crippen LogP contribution is -2.52. The van der Waals surface area contributed by atoms with Gasteiger partial charge < -0.3 is 20.3 Å². The average molecular weight is 412 g/mol. The van der Waals surface area contributed by atoms with Gasteiger partial charge in [0.2, 0.25) is 13.3 Å². The summed E-state index contributed by atoms with van der Waals surface area (Å²) < 4.78 is 17.3. The van der Waals surface area contributed by atoms with Crippen LogP contribution in [0, 0.1) is 0 Å². The van der Waals surface area contributed by atoms with Gasteiger partial charge in [0.1, 0.15) is 5.75 Å². The maximum atomic E-state index is 12.9. The highest BCUT2D eigenvalue weighted by molar-refractivity contribution is 6.08. The van der Waals surface area contributed by atoms with Crippen molar-refractivity contribution in [1.29, 1.82) is 0 Å². The standard InChI is InChI=1S/C20H17FN4O5/c21-10-30-15-5-6-16-12(7-15)8-25(17(16)27)9-20(18(28)23-19(29)24-20)13-1-3-14(4-2-13)22-11-26/h1-7,11H,8-10H2,(H,22,26)(H2,23,24,28,29). The SMILES string of the molecule is O=CNc1ccc(C2(CN3Cc4cc(OCF)ccc4C3=O)NC(=O)NC2=O)cc1. The summed E-state index contributed by atoms with van der Waals surface area (Å²) in [6.45, 7) is -0.925. The minimum absolute atomic E-state index is 0.113. The van der Waals surface area contributed by atoms with Crippen LogP contribution in [0.2, 0.25) is 0 Å². The van der Waals surface area contributed by atoms with Crippen LogP contribution < -0.4 is 20.7 Å². The number of anilines is 1. The molecular weight excluding hydrogens is 395 g/mol. The third kappa shape index (κ3) is 3.21. The summed E-state index contributed by atoms with van der Waals surface area (Å²) in [6.07, 6.45) is 0.524. The summed E-state index contributed by atoms with van der Waals surface area (Å²) in [7, 11) is 0. The van der Waals surface area contributed by atoms with Crippen LogP contribution in [-0.2, 0) is 21.7 Å². The van der Waals surface area contributed by atoms with Crippen LogP contribution in [0.1, 0.15) is 21.5 Å². The first-order chi connectivity index (χ1) is 14.5. The Morgan fingerprint density at radius 2 is 1.93 bits per heavy atom. The molecule has 154 valence electrons. The van der Waals surface area contributed by atoms with Crippen LogP contribution in [0.3, 0.4) is 0 Å². The van der Waals surface area contributed by atoms with Gasteiger partial charge in [0.05, 0.1) is 6.54 Å². The second-order valence-electron chi connectivity index (χ2n) is 6.89. The number of hydrogen-bond acceptors (Lipinski definition) is 5. The van der Waals surface area contributed by atoms with E-state index < -0.39 is 24.3 Å². The number of fused-ring (bicyclic) bond motifs is 1. The van der Waals surface area contributed by atoms with Crippen LogP contribution >= 0.6 is 0 Å². The van der Waals surface area contributed by atoms with Gasteiger partial charge in [-0.1, -0.05) is 12.1 Å². The van der Waals surface area contributed by atoms with E-state index in [2.05, 4.69) is 16.0 Å². The summed E-state index contributed by atoms with van der Waals surface area (Å²) in [5.74, 6) is -0.607. The van der Waals surface area contributed by atoms with Crippen molar-refractivity contribution in [1.82, 2.24) is 15.5 Å². The summed E-state index contributed by atoms with van der Waals surface area (Å²) in [4.78, 5) is 49.6. The molecule has 4 rings (SSSR count). The van der Waals surface area contributed by atoms with E-state index in [1.165, 1.54) is 11.0 Å². The summed E-state index contributed by atoms with van der Waals surface area (Å²) in [6, 6.07) is 10.3. The van der Waals surface area contributed by atoms with Gasteiger partial charge >= 0.3 is 6.03 Å². The number of benzene rings is 2. The Balaban J connectivity index is 1.65. The van der Waals surface area contributed by atoms with E-state index in [0.717, 1.165) is 0 Å². The number of carbonyl (C=O) groups is 4. The van der Waals surface area contributed by atoms with Crippen molar-refractivity contribution < 1.29 is 28.3 Å². The Kier molecular flexibility index (Phi) is 4.82. The van der Waals surface area contributed by atoms with Gasteiger partial charge in [0, 0.05) is 17.8 Å². The molecule has 9 nitrogen and oxygen atoms in total. The number of carbonyl (C=O) groups excluding carboxylic acids is 4. The summed E-state index contributed by atoms with van der Waals surface area (Å²) >= 11 is 0. The van der Waals surface area contributed by atoms with Gasteiger partial charge in [-0.3, -0.25) is 19.7 Å². The monoisotopic (exact) mass is 412 g/mol. The molecule has 1 fully saturated rings. The van der Waals surface area contributed by atoms with Crippen LogP contribution in [0.15, 0.2) is 42.5 Å². The number of halogens is 1. The number of rotatable bonds is 7. The zero-order valence-electron chi connectivity index (χ0n) is 15.6. The van der Waals surface area contributed by atoms with E-state index in [0.29, 0.717) is 34.5 Å². The molecule has 1 atom stereocenters. The second-order valence-corrected chi connectivity index (χ2v) is 6.89. The van der Waals surface area contributed by atoms with E-state index in [1.807, 2.05) is 0 Å². The van der Waals surface area contributed by atoms with E-state index >= 15 is 0 Å². The first kappa shape index (κ1) is 19.4. The fourth-order valence-electron chi connectivity index (χ4n) is 3.74. The molecule has 1 unspecified atom stereocenters. The number of nitrogens with one attached hydrogen (secondary N) is 3. The van der Waals surface area contributed by atoms with Crippen molar-refractivity contribution in [3.63, 3.8) is 0 Å². The lowest BCUT2D eigenvalue weighted by atomic mass is 9.89. The lowest BCUT2D eigenvalue weighted by Gasteiger charge is -2.31. The molecule has 2 aliphatic rings. The summed E-state index contributed by atoms with van der Waals surface area (Å²) in [5, 5.41) is 7.35. The molecule has 0 bridgehead atoms. The number of imide groups is 1. The number of hydrogen-bond donors (Lipinski definition) is 3. The minimum Gasteiger partial charge on any atom is -0.463 e. The summed E-state index contributed by atoms with van der Waals surface area (Å²) in [5.41, 5.74) is 0.529. The average Bonchev–Trinajstić information content (AvgIpc) is 3.19. The first-order valence-corrected chi connectivity index (χ1v) is 9.02. The highest BCUT2D eigenvalue weighted by Gasteiger charge is 2.50. The van der Waals surface area contributed by atoms with Crippen molar-refractivity contribution in [2.24, 2.45) is 0 Å². The number of nitrogens with zero attached hydrogens (tertiary/aromatic N) is 1. The highest BCUT2D eigenvalue weighted by Crippen LogP contribution is 2.33. The van der Waals surface area contributed by atoms with Gasteiger partial charge in [-0.25, -0.2) is 9.18 Å². The van der Waals surface area contributed by atoms with Crippen LogP contribution in [0.25, 0.3) is 0 Å². The van der Waals surface area contributed by atoms with Gasteiger partial charge in [-0.2, -0.15) is 0 Å². The van der Waals surface area contributed by atoms with Crippen molar-refractivity contribution in [2.75, 3.05) is 18.7 Å². The fourth-order valence-corrected chi connectivity index (χ4v) is 3.74. The molecular formula is C20H17FN4O5. The molecule has 0 spiro atoms. The van der Waals surface area contributed by atoms with E-state index in [-0.39, 0.29) is 19.0 Å². The normalized spacial score (nSPS) is 19.9. The van der Waals surface area contributed by atoms with Gasteiger partial charge in [0.25, 0.3) is 11.8 Å². The van der Waals surface area contributed by atoms with Crippen LogP contribution in [0.4, 0.5) is 14.9 Å². The largest absolute Gasteiger partial charge is 0.463 e. The molecule has 3 N–H and O–H groups in total. The Morgan fingerprint density at radius 1 is 1.17 bits per heavy atom. The fraction of sp³-hybridized carbons (Fsp3) is 0.200. The first-order valence-electron chi connectivity index (χ1n) is 9.02. The minimum atomic E-state index is -1.49. The topological polar surface area (TPSA) is 117 Å². The van der Waals surface area contributed by atoms with Gasteiger partial charge in [0.15, 0.2) is 5.54 Å². The molecule has 0 radical (unpaired) electrons. The molecule has 2 heterocycles. The van der Waals surface area contributed by atoms with Gasteiger partial charge in [-0.05, 0) is 41.5 Å². The third-order valence-corrected chi connectivity index (χ3v) is 5.15. The van der Waals surface area contributed by atoms with Crippen molar-refractivity contribution in [2.45, 2.75) is 12.1 Å². The number of ether oxygens (including phenoxy) is 1. The zero-order chi connectivity index (χ0) is 21.3. The molecule has 0 aromatic heterocycles. The zero-order valence-corrected chi connectivity index (χ0v) is 15.6. The van der Waals surface area contributed by atoms with E-state index in [1.54, 1.807) is 36.4 Å². The third-order valence-electron chi connectivity index (χ3n) is 5.15. The highest BCUT2D eigenvalue weighted by atomic mass is 19.1. The maximum Gasteiger partial charge on any atom is 0.322 e. The Labute approximate surface area is 170 Å². The molecule has 5 amide bonds. The number of urea groups is 1. The molecule has 10 heteroatoms. The van der Waals surface area contributed by atoms with Crippen molar-refractivity contribution >= 4 is 29.9 Å². The molecule has 0 saturated carbocycles. The molecule has 2 aliphatic heterocycles. The Hall–Kier alpha value is -3.95. The van der Waals surface area contributed by atoms with Crippen molar-refractivity contribution in [3.05, 3.63) is 59.2 Å². The molecule has 0 aliphatic carbocycles.